The van der Waals surface area contributed by atoms with Crippen LogP contribution >= 0.6 is 0 Å². The number of likely N-dealkylation sites (N-methyl/N-ethyl adjacent to an activating group) is 1. The molecule has 3 aliphatic rings. The summed E-state index contributed by atoms with van der Waals surface area (Å²) in [4.78, 5) is 72.7. The van der Waals surface area contributed by atoms with Crippen molar-refractivity contribution in [2.75, 3.05) is 39.6 Å². The molecule has 0 aliphatic heterocycles. The van der Waals surface area contributed by atoms with Gasteiger partial charge in [0.25, 0.3) is 0 Å². The molecule has 11 heteroatoms. The van der Waals surface area contributed by atoms with Gasteiger partial charge in [-0.1, -0.05) is 13.8 Å². The predicted molar refractivity (Wildman–Crippen MR) is 156 cm³/mol. The molecule has 0 aromatic heterocycles. The lowest BCUT2D eigenvalue weighted by molar-refractivity contribution is -0.181. The molecule has 230 valence electrons. The smallest absolute Gasteiger partial charge is 0.235 e. The summed E-state index contributed by atoms with van der Waals surface area (Å²) in [6.07, 6.45) is 1.15. The first kappa shape index (κ1) is 31.8. The molecule has 2 unspecified atom stereocenters. The highest BCUT2D eigenvalue weighted by atomic mass is 16.3. The Kier molecular flexibility index (Phi) is 8.20. The fourth-order valence-corrected chi connectivity index (χ4v) is 7.59. The third-order valence-corrected chi connectivity index (χ3v) is 10.0. The summed E-state index contributed by atoms with van der Waals surface area (Å²) in [6.45, 7) is 9.80. The zero-order valence-corrected chi connectivity index (χ0v) is 25.9. The lowest BCUT2D eigenvalue weighted by Gasteiger charge is -2.52. The van der Waals surface area contributed by atoms with Gasteiger partial charge in [-0.3, -0.25) is 33.8 Å². The van der Waals surface area contributed by atoms with Crippen LogP contribution in [0.4, 0.5) is 5.69 Å². The summed E-state index contributed by atoms with van der Waals surface area (Å²) in [5.74, 6) is -10.4. The van der Waals surface area contributed by atoms with Gasteiger partial charge >= 0.3 is 0 Å². The summed E-state index contributed by atoms with van der Waals surface area (Å²) >= 11 is 0. The number of fused-ring (bicyclic) bond motifs is 3. The Labute approximate surface area is 247 Å². The van der Waals surface area contributed by atoms with E-state index in [2.05, 4.69) is 32.6 Å². The quantitative estimate of drug-likeness (QED) is 0.375. The Morgan fingerprint density at radius 2 is 1.71 bits per heavy atom. The molecule has 0 radical (unpaired) electrons. The molecule has 42 heavy (non-hydrogen) atoms. The van der Waals surface area contributed by atoms with Crippen molar-refractivity contribution in [3.05, 3.63) is 22.8 Å². The largest absolute Gasteiger partial charge is 0.507 e. The van der Waals surface area contributed by atoms with E-state index in [4.69, 9.17) is 5.73 Å². The van der Waals surface area contributed by atoms with Crippen molar-refractivity contribution in [2.24, 2.45) is 29.4 Å². The van der Waals surface area contributed by atoms with Crippen molar-refractivity contribution in [1.82, 2.24) is 9.80 Å². The number of carbonyl (C=O) groups is 5. The molecule has 3 aliphatic carbocycles. The lowest BCUT2D eigenvalue weighted by atomic mass is 9.52. The van der Waals surface area contributed by atoms with Gasteiger partial charge in [0.2, 0.25) is 5.91 Å². The summed E-state index contributed by atoms with van der Waals surface area (Å²) in [6, 6.07) is 0.440. The maximum absolute atomic E-state index is 14.1. The minimum Gasteiger partial charge on any atom is -0.507 e. The first-order valence-electron chi connectivity index (χ1n) is 14.6. The number of phenolic OH excluding ortho intramolecular Hbond substituents is 1. The van der Waals surface area contributed by atoms with Gasteiger partial charge < -0.3 is 20.8 Å². The number of ketones is 4. The van der Waals surface area contributed by atoms with Crippen LogP contribution in [0.3, 0.4) is 0 Å². The fourth-order valence-electron chi connectivity index (χ4n) is 7.59. The second-order valence-electron chi connectivity index (χ2n) is 13.1. The van der Waals surface area contributed by atoms with Crippen LogP contribution in [0.1, 0.15) is 62.0 Å². The van der Waals surface area contributed by atoms with E-state index in [0.29, 0.717) is 12.1 Å². The van der Waals surface area contributed by atoms with Gasteiger partial charge in [0.05, 0.1) is 17.5 Å². The van der Waals surface area contributed by atoms with E-state index in [1.807, 2.05) is 19.0 Å². The number of nitrogens with two attached hydrogens (primary N) is 1. The fraction of sp³-hybridized carbons (Fsp3) is 0.645. The number of benzene rings is 1. The molecule has 1 aromatic rings. The Balaban J connectivity index is 1.87. The monoisotopic (exact) mass is 584 g/mol. The standard InChI is InChI=1S/C31H44N4O7/c1-9-30(3,4)35(10-2)14-16-13-19(36)21-17(23(16)33(5)6)11-15-12-18-24(34(7)8)26(38)22(29(32)41)28(40)31(18,42)27(39)20(15)25(21)37/h13,15,18,20,22,24,36,42H,9-12,14H2,1-8H3,(H2,32,41)/t15-,18-,20?,22?,24-,31-/m0/s1. The SMILES string of the molecule is CCN(Cc1cc(O)c2c(c1N(C)C)C[C@H]1C[C@H]3[C@H](N(C)C)C(=O)C(C(N)=O)C(=O)[C@@]3(O)C(=O)C1C2=O)C(C)(C)CC. The van der Waals surface area contributed by atoms with Gasteiger partial charge in [0.15, 0.2) is 34.7 Å². The molecule has 2 fully saturated rings. The van der Waals surface area contributed by atoms with Gasteiger partial charge in [-0.15, -0.1) is 0 Å². The first-order valence-corrected chi connectivity index (χ1v) is 14.6. The number of Topliss-reactive ketones (excluding diaryl/α,β-unsaturated/α-hetero) is 4. The van der Waals surface area contributed by atoms with Gasteiger partial charge in [-0.2, -0.15) is 0 Å². The van der Waals surface area contributed by atoms with Crippen LogP contribution in [0.2, 0.25) is 0 Å². The van der Waals surface area contributed by atoms with Crippen molar-refractivity contribution in [1.29, 1.82) is 0 Å². The van der Waals surface area contributed by atoms with Crippen LogP contribution in [-0.4, -0.2) is 101 Å². The highest BCUT2D eigenvalue weighted by molar-refractivity contribution is 6.32. The number of aromatic hydroxyl groups is 1. The topological polar surface area (TPSA) is 162 Å². The zero-order valence-electron chi connectivity index (χ0n) is 25.9. The highest BCUT2D eigenvalue weighted by Gasteiger charge is 2.69. The number of phenols is 1. The number of nitrogens with zero attached hydrogens (tertiary/aromatic N) is 3. The normalized spacial score (nSPS) is 29.5. The Bertz CT molecular complexity index is 1350. The van der Waals surface area contributed by atoms with Crippen molar-refractivity contribution in [3.8, 4) is 5.75 Å². The number of anilines is 1. The lowest BCUT2D eigenvalue weighted by Crippen LogP contribution is -2.74. The second kappa shape index (κ2) is 10.8. The second-order valence-corrected chi connectivity index (χ2v) is 13.1. The molecular formula is C31H44N4O7. The Hall–Kier alpha value is -3.15. The molecule has 0 bridgehead atoms. The van der Waals surface area contributed by atoms with Crippen molar-refractivity contribution >= 4 is 34.7 Å². The van der Waals surface area contributed by atoms with Crippen LogP contribution in [0.15, 0.2) is 6.07 Å². The maximum Gasteiger partial charge on any atom is 0.235 e. The van der Waals surface area contributed by atoms with Gasteiger partial charge in [-0.25, -0.2) is 0 Å². The van der Waals surface area contributed by atoms with Crippen LogP contribution in [-0.2, 0) is 32.1 Å². The summed E-state index contributed by atoms with van der Waals surface area (Å²) in [7, 11) is 6.87. The van der Waals surface area contributed by atoms with Gasteiger partial charge in [0.1, 0.15) is 5.75 Å². The van der Waals surface area contributed by atoms with Crippen molar-refractivity contribution < 1.29 is 34.2 Å². The maximum atomic E-state index is 14.1. The van der Waals surface area contributed by atoms with Crippen molar-refractivity contribution in [3.63, 3.8) is 0 Å². The number of primary amides is 1. The minimum absolute atomic E-state index is 0.00634. The third-order valence-electron chi connectivity index (χ3n) is 10.0. The molecule has 4 N–H and O–H groups in total. The summed E-state index contributed by atoms with van der Waals surface area (Å²) in [5.41, 5.74) is 4.77. The number of amides is 1. The Morgan fingerprint density at radius 1 is 1.10 bits per heavy atom. The van der Waals surface area contributed by atoms with E-state index < -0.39 is 64.4 Å². The molecule has 1 amide bonds. The Morgan fingerprint density at radius 3 is 2.21 bits per heavy atom. The van der Waals surface area contributed by atoms with E-state index in [1.165, 1.54) is 4.90 Å². The van der Waals surface area contributed by atoms with Crippen LogP contribution in [0.5, 0.6) is 5.75 Å². The molecule has 0 saturated heterocycles. The molecule has 0 heterocycles. The van der Waals surface area contributed by atoms with Gasteiger partial charge in [0, 0.05) is 37.8 Å². The zero-order chi connectivity index (χ0) is 31.6. The van der Waals surface area contributed by atoms with Crippen LogP contribution < -0.4 is 10.6 Å². The molecule has 11 nitrogen and oxygen atoms in total. The van der Waals surface area contributed by atoms with E-state index >= 15 is 0 Å². The molecule has 1 aromatic carbocycles. The van der Waals surface area contributed by atoms with E-state index in [-0.39, 0.29) is 29.7 Å². The number of rotatable bonds is 8. The number of hydrogen-bond acceptors (Lipinski definition) is 10. The number of carbonyl (C=O) groups excluding carboxylic acids is 5. The molecule has 0 spiro atoms. The van der Waals surface area contributed by atoms with E-state index in [1.54, 1.807) is 20.2 Å². The first-order chi connectivity index (χ1) is 19.4. The van der Waals surface area contributed by atoms with Crippen molar-refractivity contribution in [2.45, 2.75) is 70.7 Å². The number of aliphatic hydroxyl groups is 1. The number of hydrogen-bond donors (Lipinski definition) is 3. The summed E-state index contributed by atoms with van der Waals surface area (Å²) in [5, 5.41) is 23.0. The molecule has 6 atom stereocenters. The molecular weight excluding hydrogens is 540 g/mol. The summed E-state index contributed by atoms with van der Waals surface area (Å²) < 4.78 is 0. The van der Waals surface area contributed by atoms with Gasteiger partial charge in [-0.05, 0) is 76.9 Å². The predicted octanol–water partition coefficient (Wildman–Crippen LogP) is 0.944. The molecule has 4 rings (SSSR count). The average Bonchev–Trinajstić information content (AvgIpc) is 2.88. The highest BCUT2D eigenvalue weighted by Crippen LogP contribution is 2.52. The minimum atomic E-state index is -2.73. The van der Waals surface area contributed by atoms with Crippen LogP contribution in [0.25, 0.3) is 0 Å². The molecule has 2 saturated carbocycles. The average molecular weight is 585 g/mol. The van der Waals surface area contributed by atoms with Crippen LogP contribution in [0, 0.1) is 23.7 Å². The third kappa shape index (κ3) is 4.57. The van der Waals surface area contributed by atoms with E-state index in [9.17, 15) is 34.2 Å². The van der Waals surface area contributed by atoms with E-state index in [0.717, 1.165) is 24.2 Å².